The van der Waals surface area contributed by atoms with Crippen LogP contribution in [0.1, 0.15) is 83.7 Å². The molecule has 14 nitrogen and oxygen atoms in total. The predicted molar refractivity (Wildman–Crippen MR) is 259 cm³/mol. The normalized spacial score (nSPS) is 16.6. The van der Waals surface area contributed by atoms with Crippen molar-refractivity contribution >= 4 is 41.4 Å². The van der Waals surface area contributed by atoms with E-state index in [0.717, 1.165) is 80.6 Å². The van der Waals surface area contributed by atoms with Gasteiger partial charge < -0.3 is 29.1 Å². The molecule has 2 aliphatic heterocycles. The molecule has 4 heterocycles. The number of carbonyl (C=O) groups is 5. The van der Waals surface area contributed by atoms with Gasteiger partial charge in [0.2, 0.25) is 11.8 Å². The number of nitrogens with zero attached hydrogens (tertiary/aromatic N) is 5. The number of pyridine rings is 1. The molecule has 0 bridgehead atoms. The quantitative estimate of drug-likeness (QED) is 0.0521. The van der Waals surface area contributed by atoms with Gasteiger partial charge in [0, 0.05) is 80.3 Å². The number of hydrogen-bond acceptors (Lipinski definition) is 10. The standard InChI is InChI=1S/C44H58F2N6O5.C8H11NO2/c1-9-51-37-18-17-32(24-34(37)35(25-44(5,6)26-57-27-53)40(51)33-16-13-19-47-38(33)29(4)56-8)31-15-12-14-30(22-31)23-36(42(55)52-21-11-10-20-48-52)49-41(54)39(28(2)3)50(7)43(45)46;1-2-8(11)9-4-3-7(5-9)6-10/h12-19,22,24,27-29,36,39,43,48H,9-11,20-21,23,25-26H2,1-8H3,(H,49,54);2,6-7H,1,3-5H2. The van der Waals surface area contributed by atoms with Gasteiger partial charge in [-0.1, -0.05) is 64.6 Å². The van der Waals surface area contributed by atoms with Gasteiger partial charge in [-0.2, -0.15) is 8.78 Å². The van der Waals surface area contributed by atoms with Gasteiger partial charge in [0.1, 0.15) is 12.3 Å². The largest absolute Gasteiger partial charge is 0.467 e. The van der Waals surface area contributed by atoms with Gasteiger partial charge in [-0.25, -0.2) is 10.3 Å². The number of likely N-dealkylation sites (tertiary alicyclic amines) is 1. The zero-order chi connectivity index (χ0) is 49.7. The Hall–Kier alpha value is -5.84. The van der Waals surface area contributed by atoms with Crippen LogP contribution >= 0.6 is 0 Å². The van der Waals surface area contributed by atoms with Crippen molar-refractivity contribution in [3.8, 4) is 22.4 Å². The Balaban J connectivity index is 0.000000689. The van der Waals surface area contributed by atoms with E-state index in [1.165, 1.54) is 18.1 Å². The van der Waals surface area contributed by atoms with Crippen molar-refractivity contribution in [2.24, 2.45) is 17.3 Å². The topological polar surface area (TPSA) is 155 Å². The molecule has 2 N–H and O–H groups in total. The Kier molecular flexibility index (Phi) is 19.1. The van der Waals surface area contributed by atoms with Crippen molar-refractivity contribution in [3.05, 3.63) is 90.3 Å². The fraction of sp³-hybridized carbons (Fsp3) is 0.500. The lowest BCUT2D eigenvalue weighted by molar-refractivity contribution is -0.143. The number of hydrazine groups is 1. The van der Waals surface area contributed by atoms with E-state index in [0.29, 0.717) is 45.6 Å². The number of carbonyl (C=O) groups excluding carboxylic acids is 5. The van der Waals surface area contributed by atoms with Crippen molar-refractivity contribution in [1.29, 1.82) is 0 Å². The lowest BCUT2D eigenvalue weighted by Gasteiger charge is -2.34. The van der Waals surface area contributed by atoms with Crippen molar-refractivity contribution in [3.63, 3.8) is 0 Å². The highest BCUT2D eigenvalue weighted by Crippen LogP contribution is 2.42. The third-order valence-corrected chi connectivity index (χ3v) is 12.8. The summed E-state index contributed by atoms with van der Waals surface area (Å²) in [6, 6.07) is 16.1. The number of methoxy groups -OCH3 is 1. The number of aldehydes is 1. The summed E-state index contributed by atoms with van der Waals surface area (Å²) >= 11 is 0. The number of amides is 3. The fourth-order valence-corrected chi connectivity index (χ4v) is 9.20. The molecule has 0 spiro atoms. The lowest BCUT2D eigenvalue weighted by Crippen LogP contribution is -2.59. The van der Waals surface area contributed by atoms with Gasteiger partial charge >= 0.3 is 0 Å². The maximum atomic E-state index is 14.0. The van der Waals surface area contributed by atoms with Crippen LogP contribution in [0.5, 0.6) is 0 Å². The van der Waals surface area contributed by atoms with E-state index in [4.69, 9.17) is 14.5 Å². The smallest absolute Gasteiger partial charge is 0.295 e. The summed E-state index contributed by atoms with van der Waals surface area (Å²) in [6.07, 6.45) is 7.02. The highest BCUT2D eigenvalue weighted by molar-refractivity contribution is 5.95. The van der Waals surface area contributed by atoms with E-state index in [1.54, 1.807) is 32.1 Å². The first-order chi connectivity index (χ1) is 32.5. The third kappa shape index (κ3) is 13.0. The number of likely N-dealkylation sites (N-methyl/N-ethyl adjacent to an activating group) is 1. The second-order valence-corrected chi connectivity index (χ2v) is 18.7. The van der Waals surface area contributed by atoms with Gasteiger partial charge in [0.05, 0.1) is 30.1 Å². The predicted octanol–water partition coefficient (Wildman–Crippen LogP) is 7.39. The van der Waals surface area contributed by atoms with Crippen LogP contribution in [0.3, 0.4) is 0 Å². The molecule has 0 aliphatic carbocycles. The molecule has 6 rings (SSSR count). The molecule has 4 atom stereocenters. The summed E-state index contributed by atoms with van der Waals surface area (Å²) in [5.41, 5.74) is 10.4. The lowest BCUT2D eigenvalue weighted by atomic mass is 9.84. The number of rotatable bonds is 20. The maximum Gasteiger partial charge on any atom is 0.295 e. The molecule has 2 aromatic heterocycles. The molecule has 4 aromatic rings. The molecule has 2 aliphatic rings. The number of ether oxygens (including phenoxy) is 2. The minimum absolute atomic E-state index is 0.0406. The van der Waals surface area contributed by atoms with Gasteiger partial charge in [-0.3, -0.25) is 29.2 Å². The van der Waals surface area contributed by atoms with Gasteiger partial charge in [0.25, 0.3) is 18.9 Å². The van der Waals surface area contributed by atoms with Crippen LogP contribution in [-0.4, -0.2) is 120 Å². The molecule has 16 heteroatoms. The fourth-order valence-electron chi connectivity index (χ4n) is 9.20. The van der Waals surface area contributed by atoms with E-state index in [2.05, 4.69) is 66.9 Å². The molecule has 368 valence electrons. The number of nitrogens with one attached hydrogen (secondary N) is 2. The molecular formula is C52H69F2N7O7. The van der Waals surface area contributed by atoms with Crippen LogP contribution in [0.25, 0.3) is 33.3 Å². The van der Waals surface area contributed by atoms with Crippen LogP contribution in [0.4, 0.5) is 8.78 Å². The number of aromatic nitrogens is 2. The highest BCUT2D eigenvalue weighted by Gasteiger charge is 2.36. The summed E-state index contributed by atoms with van der Waals surface area (Å²) in [6.45, 7) is 16.0. The van der Waals surface area contributed by atoms with Gasteiger partial charge in [0.15, 0.2) is 0 Å². The van der Waals surface area contributed by atoms with E-state index in [9.17, 15) is 32.8 Å². The van der Waals surface area contributed by atoms with Gasteiger partial charge in [-0.15, -0.1) is 0 Å². The van der Waals surface area contributed by atoms with E-state index >= 15 is 0 Å². The van der Waals surface area contributed by atoms with Crippen LogP contribution < -0.4 is 10.7 Å². The summed E-state index contributed by atoms with van der Waals surface area (Å²) in [4.78, 5) is 67.3. The van der Waals surface area contributed by atoms with Crippen molar-refractivity contribution < 1.29 is 42.2 Å². The number of halogens is 2. The number of benzene rings is 2. The summed E-state index contributed by atoms with van der Waals surface area (Å²) < 4.78 is 41.0. The van der Waals surface area contributed by atoms with Crippen molar-refractivity contribution in [2.45, 2.75) is 105 Å². The molecule has 0 radical (unpaired) electrons. The Bertz CT molecular complexity index is 2380. The van der Waals surface area contributed by atoms with E-state index in [1.807, 2.05) is 37.3 Å². The average molecular weight is 942 g/mol. The monoisotopic (exact) mass is 942 g/mol. The van der Waals surface area contributed by atoms with Crippen LogP contribution in [0.2, 0.25) is 0 Å². The average Bonchev–Trinajstić information content (AvgIpc) is 3.95. The minimum Gasteiger partial charge on any atom is -0.467 e. The number of fused-ring (bicyclic) bond motifs is 1. The Labute approximate surface area is 399 Å². The first-order valence-corrected chi connectivity index (χ1v) is 23.5. The summed E-state index contributed by atoms with van der Waals surface area (Å²) in [5.74, 6) is -1.39. The van der Waals surface area contributed by atoms with Crippen molar-refractivity contribution in [1.82, 2.24) is 35.1 Å². The molecular weight excluding hydrogens is 873 g/mol. The SMILES string of the molecule is C=CC(=O)N1CCC(C=O)C1.CCn1c(-c2cccnc2C(C)OC)c(CC(C)(C)COC=O)c2cc(-c3cccc(CC(NC(=O)C(C(C)C)N(C)C(F)F)C(=O)N4CCCCN4)c3)ccc21. The summed E-state index contributed by atoms with van der Waals surface area (Å²) in [5, 5.41) is 5.45. The first-order valence-electron chi connectivity index (χ1n) is 23.5. The maximum absolute atomic E-state index is 14.0. The third-order valence-electron chi connectivity index (χ3n) is 12.8. The molecule has 2 aromatic carbocycles. The zero-order valence-electron chi connectivity index (χ0n) is 40.8. The second kappa shape index (κ2) is 24.4. The van der Waals surface area contributed by atoms with E-state index in [-0.39, 0.29) is 36.9 Å². The molecule has 3 amide bonds. The zero-order valence-corrected chi connectivity index (χ0v) is 40.8. The Morgan fingerprint density at radius 3 is 2.41 bits per heavy atom. The Morgan fingerprint density at radius 2 is 1.79 bits per heavy atom. The molecule has 4 unspecified atom stereocenters. The highest BCUT2D eigenvalue weighted by atomic mass is 19.3. The van der Waals surface area contributed by atoms with Crippen LogP contribution in [0, 0.1) is 17.3 Å². The molecule has 2 saturated heterocycles. The number of alkyl halides is 2. The summed E-state index contributed by atoms with van der Waals surface area (Å²) in [7, 11) is 2.89. The molecule has 0 saturated carbocycles. The van der Waals surface area contributed by atoms with E-state index < -0.39 is 35.9 Å². The number of hydrogen-bond donors (Lipinski definition) is 2. The minimum atomic E-state index is -2.84. The van der Waals surface area contributed by atoms with Gasteiger partial charge in [-0.05, 0) is 105 Å². The van der Waals surface area contributed by atoms with Crippen LogP contribution in [-0.2, 0) is 52.8 Å². The first kappa shape index (κ1) is 53.1. The number of aryl methyl sites for hydroxylation is 1. The van der Waals surface area contributed by atoms with Crippen LogP contribution in [0.15, 0.2) is 73.4 Å². The van der Waals surface area contributed by atoms with Crippen molar-refractivity contribution in [2.75, 3.05) is 46.9 Å². The second-order valence-electron chi connectivity index (χ2n) is 18.7. The molecule has 2 fully saturated rings. The Morgan fingerprint density at radius 1 is 1.04 bits per heavy atom. The molecule has 68 heavy (non-hydrogen) atoms.